The number of carbonyl (C=O) groups is 2. The Hall–Kier alpha value is -4.35. The van der Waals surface area contributed by atoms with E-state index in [1.54, 1.807) is 18.3 Å². The quantitative estimate of drug-likeness (QED) is 0.117. The van der Waals surface area contributed by atoms with E-state index >= 15 is 4.39 Å². The van der Waals surface area contributed by atoms with E-state index in [-0.39, 0.29) is 42.4 Å². The number of nitrogens with zero attached hydrogens (tertiary/aromatic N) is 4. The highest BCUT2D eigenvalue weighted by Crippen LogP contribution is 2.39. The number of hydrogen-bond acceptors (Lipinski definition) is 8. The summed E-state index contributed by atoms with van der Waals surface area (Å²) >= 11 is 1.54. The van der Waals surface area contributed by atoms with Crippen LogP contribution in [0.2, 0.25) is 0 Å². The minimum atomic E-state index is -0.603. The van der Waals surface area contributed by atoms with Gasteiger partial charge in [0.1, 0.15) is 23.1 Å². The van der Waals surface area contributed by atoms with Crippen LogP contribution in [0.5, 0.6) is 11.5 Å². The van der Waals surface area contributed by atoms with E-state index in [0.717, 1.165) is 66.5 Å². The van der Waals surface area contributed by atoms with E-state index in [0.29, 0.717) is 16.9 Å². The number of halogens is 2. The van der Waals surface area contributed by atoms with Crippen LogP contribution in [0.25, 0.3) is 20.7 Å². The van der Waals surface area contributed by atoms with Gasteiger partial charge < -0.3 is 14.5 Å². The molecule has 1 aliphatic rings. The lowest BCUT2D eigenvalue weighted by Gasteiger charge is -2.33. The summed E-state index contributed by atoms with van der Waals surface area (Å²) in [5, 5.41) is 0. The molecule has 49 heavy (non-hydrogen) atoms. The SMILES string of the molecule is CN1CCN(CCN(C)Cc2ccc(-c3cc4nccc(Oc5ccc(CC(=O)CC(=O)Cc6ccc(F)cc6)cc5F)c4s3)cc2)CC1. The fraction of sp³-hybridized carbons (Fsp3) is 0.308. The summed E-state index contributed by atoms with van der Waals surface area (Å²) < 4.78 is 35.1. The Morgan fingerprint density at radius 1 is 0.837 bits per heavy atom. The molecule has 1 saturated heterocycles. The summed E-state index contributed by atoms with van der Waals surface area (Å²) in [5.74, 6) is -1.05. The predicted octanol–water partition coefficient (Wildman–Crippen LogP) is 7.03. The molecule has 3 heterocycles. The molecule has 0 spiro atoms. The zero-order valence-electron chi connectivity index (χ0n) is 27.8. The van der Waals surface area contributed by atoms with Crippen LogP contribution in [-0.2, 0) is 29.0 Å². The summed E-state index contributed by atoms with van der Waals surface area (Å²) in [7, 11) is 4.35. The van der Waals surface area contributed by atoms with Gasteiger partial charge in [-0.05, 0) is 66.7 Å². The van der Waals surface area contributed by atoms with Crippen LogP contribution in [0, 0.1) is 11.6 Å². The second-order valence-corrected chi connectivity index (χ2v) is 13.9. The van der Waals surface area contributed by atoms with Gasteiger partial charge in [-0.15, -0.1) is 11.3 Å². The third-order valence-electron chi connectivity index (χ3n) is 8.79. The maximum absolute atomic E-state index is 15.2. The first-order chi connectivity index (χ1) is 23.7. The average Bonchev–Trinajstić information content (AvgIpc) is 3.52. The Bertz CT molecular complexity index is 1900. The number of likely N-dealkylation sites (N-methyl/N-ethyl adjacent to an activating group) is 2. The van der Waals surface area contributed by atoms with Gasteiger partial charge >= 0.3 is 0 Å². The van der Waals surface area contributed by atoms with Gasteiger partial charge in [0.05, 0.1) is 16.6 Å². The number of thiophene rings is 1. The Morgan fingerprint density at radius 3 is 2.22 bits per heavy atom. The third kappa shape index (κ3) is 9.42. The lowest BCUT2D eigenvalue weighted by molar-refractivity contribution is -0.126. The predicted molar refractivity (Wildman–Crippen MR) is 190 cm³/mol. The van der Waals surface area contributed by atoms with Crippen LogP contribution in [0.4, 0.5) is 8.78 Å². The minimum Gasteiger partial charge on any atom is -0.453 e. The molecule has 0 N–H and O–H groups in total. The molecule has 0 aliphatic carbocycles. The van der Waals surface area contributed by atoms with Crippen molar-refractivity contribution in [2.75, 3.05) is 53.4 Å². The Labute approximate surface area is 289 Å². The number of carbonyl (C=O) groups excluding carboxylic acids is 2. The van der Waals surface area contributed by atoms with Crippen molar-refractivity contribution in [1.29, 1.82) is 0 Å². The number of benzene rings is 3. The summed E-state index contributed by atoms with van der Waals surface area (Å²) in [6, 6.07) is 22.3. The lowest BCUT2D eigenvalue weighted by Crippen LogP contribution is -2.46. The minimum absolute atomic E-state index is 0.0344. The monoisotopic (exact) mass is 682 g/mol. The number of aromatic nitrogens is 1. The van der Waals surface area contributed by atoms with Crippen molar-refractivity contribution in [3.63, 3.8) is 0 Å². The number of hydrogen-bond donors (Lipinski definition) is 0. The van der Waals surface area contributed by atoms with Crippen LogP contribution in [-0.4, -0.2) is 84.6 Å². The molecule has 1 aliphatic heterocycles. The van der Waals surface area contributed by atoms with E-state index in [9.17, 15) is 14.0 Å². The second kappa shape index (κ2) is 15.9. The fourth-order valence-corrected chi connectivity index (χ4v) is 7.02. The molecule has 0 unspecified atom stereocenters. The van der Waals surface area contributed by atoms with Gasteiger partial charge in [0.15, 0.2) is 11.6 Å². The first-order valence-electron chi connectivity index (χ1n) is 16.5. The van der Waals surface area contributed by atoms with Gasteiger partial charge in [0, 0.05) is 75.8 Å². The van der Waals surface area contributed by atoms with E-state index in [1.165, 1.54) is 53.3 Å². The Balaban J connectivity index is 1.04. The first kappa shape index (κ1) is 34.5. The highest BCUT2D eigenvalue weighted by atomic mass is 32.1. The highest BCUT2D eigenvalue weighted by molar-refractivity contribution is 7.22. The van der Waals surface area contributed by atoms with Crippen LogP contribution >= 0.6 is 11.3 Å². The van der Waals surface area contributed by atoms with Crippen molar-refractivity contribution in [3.05, 3.63) is 113 Å². The Kier molecular flexibility index (Phi) is 11.2. The van der Waals surface area contributed by atoms with E-state index in [1.807, 2.05) is 6.07 Å². The van der Waals surface area contributed by atoms with E-state index in [2.05, 4.69) is 58.0 Å². The second-order valence-electron chi connectivity index (χ2n) is 12.8. The molecule has 5 aromatic rings. The summed E-state index contributed by atoms with van der Waals surface area (Å²) in [6.45, 7) is 7.52. The summed E-state index contributed by atoms with van der Waals surface area (Å²) in [6.07, 6.45) is 1.33. The molecule has 0 bridgehead atoms. The van der Waals surface area contributed by atoms with Crippen molar-refractivity contribution in [1.82, 2.24) is 19.7 Å². The molecule has 0 radical (unpaired) electrons. The number of Topliss-reactive ketones (excluding diaryl/α,β-unsaturated/α-hetero) is 2. The molecular weight excluding hydrogens is 643 g/mol. The number of pyridine rings is 1. The van der Waals surface area contributed by atoms with Crippen molar-refractivity contribution in [2.24, 2.45) is 0 Å². The highest BCUT2D eigenvalue weighted by Gasteiger charge is 2.17. The average molecular weight is 683 g/mol. The number of rotatable bonds is 14. The van der Waals surface area contributed by atoms with Crippen LogP contribution in [0.3, 0.4) is 0 Å². The van der Waals surface area contributed by atoms with Crippen molar-refractivity contribution in [2.45, 2.75) is 25.8 Å². The van der Waals surface area contributed by atoms with E-state index in [4.69, 9.17) is 4.74 Å². The maximum atomic E-state index is 15.2. The lowest BCUT2D eigenvalue weighted by atomic mass is 10.0. The Morgan fingerprint density at radius 2 is 1.51 bits per heavy atom. The fourth-order valence-electron chi connectivity index (χ4n) is 5.94. The molecule has 7 nitrogen and oxygen atoms in total. The largest absolute Gasteiger partial charge is 0.453 e. The summed E-state index contributed by atoms with van der Waals surface area (Å²) in [5.41, 5.74) is 4.18. The van der Waals surface area contributed by atoms with Gasteiger partial charge in [0.2, 0.25) is 0 Å². The zero-order chi connectivity index (χ0) is 34.3. The normalized spacial score (nSPS) is 14.1. The molecule has 2 aromatic heterocycles. The van der Waals surface area contributed by atoms with Crippen LogP contribution in [0.15, 0.2) is 85.1 Å². The van der Waals surface area contributed by atoms with Crippen molar-refractivity contribution >= 4 is 33.1 Å². The molecule has 0 atom stereocenters. The molecular formula is C39H40F2N4O3S. The molecule has 0 amide bonds. The molecule has 254 valence electrons. The zero-order valence-corrected chi connectivity index (χ0v) is 28.6. The van der Waals surface area contributed by atoms with E-state index < -0.39 is 5.82 Å². The number of fused-ring (bicyclic) bond motifs is 1. The topological polar surface area (TPSA) is 66.0 Å². The smallest absolute Gasteiger partial charge is 0.166 e. The standard InChI is InChI=1S/C39H40F2N4O3S/c1-43-15-18-45(19-16-43)20-17-44(2)26-28-3-8-30(9-4-28)38-25-35-39(49-38)37(13-14-42-35)48-36-12-7-29(23-34(36)41)22-33(47)24-32(46)21-27-5-10-31(40)11-6-27/h3-14,23,25H,15-22,24,26H2,1-2H3. The van der Waals surface area contributed by atoms with Gasteiger partial charge in [0.25, 0.3) is 0 Å². The number of ether oxygens (including phenoxy) is 1. The molecule has 6 rings (SSSR count). The molecule has 3 aromatic carbocycles. The molecule has 0 saturated carbocycles. The number of piperazine rings is 1. The molecule has 10 heteroatoms. The van der Waals surface area contributed by atoms with Gasteiger partial charge in [-0.1, -0.05) is 42.5 Å². The van der Waals surface area contributed by atoms with Crippen LogP contribution in [0.1, 0.15) is 23.1 Å². The van der Waals surface area contributed by atoms with Gasteiger partial charge in [-0.2, -0.15) is 0 Å². The van der Waals surface area contributed by atoms with Gasteiger partial charge in [-0.3, -0.25) is 19.5 Å². The maximum Gasteiger partial charge on any atom is 0.166 e. The molecule has 1 fully saturated rings. The summed E-state index contributed by atoms with van der Waals surface area (Å²) in [4.78, 5) is 37.7. The van der Waals surface area contributed by atoms with Crippen LogP contribution < -0.4 is 4.74 Å². The third-order valence-corrected chi connectivity index (χ3v) is 9.97. The number of ketones is 2. The first-order valence-corrected chi connectivity index (χ1v) is 17.3. The van der Waals surface area contributed by atoms with Crippen molar-refractivity contribution in [3.8, 4) is 21.9 Å². The van der Waals surface area contributed by atoms with Gasteiger partial charge in [-0.25, -0.2) is 8.78 Å². The van der Waals surface area contributed by atoms with Crippen molar-refractivity contribution < 1.29 is 23.1 Å².